The van der Waals surface area contributed by atoms with Crippen molar-refractivity contribution in [2.75, 3.05) is 6.54 Å². The van der Waals surface area contributed by atoms with Crippen LogP contribution >= 0.6 is 0 Å². The Morgan fingerprint density at radius 1 is 1.00 bits per heavy atom. The molecule has 0 saturated carbocycles. The van der Waals surface area contributed by atoms with Gasteiger partial charge in [0.15, 0.2) is 0 Å². The molecule has 0 saturated heterocycles. The first-order valence-corrected chi connectivity index (χ1v) is 9.44. The lowest BCUT2D eigenvalue weighted by Gasteiger charge is -2.08. The van der Waals surface area contributed by atoms with Gasteiger partial charge in [0.25, 0.3) is 5.91 Å². The van der Waals surface area contributed by atoms with Gasteiger partial charge in [0.2, 0.25) is 0 Å². The molecule has 4 heteroatoms. The number of fused-ring (bicyclic) bond motifs is 1. The van der Waals surface area contributed by atoms with Crippen molar-refractivity contribution in [2.45, 2.75) is 46.5 Å². The van der Waals surface area contributed by atoms with Gasteiger partial charge in [-0.05, 0) is 31.9 Å². The number of pyridine rings is 1. The second-order valence-corrected chi connectivity index (χ2v) is 6.93. The molecule has 2 aromatic heterocycles. The van der Waals surface area contributed by atoms with E-state index in [1.165, 1.54) is 18.4 Å². The van der Waals surface area contributed by atoms with Gasteiger partial charge in [0, 0.05) is 18.3 Å². The highest BCUT2D eigenvalue weighted by Crippen LogP contribution is 2.25. The molecule has 0 radical (unpaired) electrons. The Morgan fingerprint density at radius 2 is 1.73 bits per heavy atom. The molecular formula is C22H27N3O. The minimum Gasteiger partial charge on any atom is -0.351 e. The van der Waals surface area contributed by atoms with Crippen LogP contribution in [0.5, 0.6) is 0 Å². The number of imidazole rings is 1. The van der Waals surface area contributed by atoms with Crippen molar-refractivity contribution >= 4 is 11.6 Å². The zero-order valence-electron chi connectivity index (χ0n) is 15.9. The molecule has 0 bridgehead atoms. The predicted molar refractivity (Wildman–Crippen MR) is 107 cm³/mol. The largest absolute Gasteiger partial charge is 0.351 e. The summed E-state index contributed by atoms with van der Waals surface area (Å²) in [5, 5.41) is 3.08. The van der Waals surface area contributed by atoms with Gasteiger partial charge in [-0.3, -0.25) is 9.20 Å². The Kier molecular flexibility index (Phi) is 5.71. The smallest absolute Gasteiger partial charge is 0.270 e. The zero-order chi connectivity index (χ0) is 18.5. The molecule has 0 aliphatic rings. The Balaban J connectivity index is 1.95. The minimum absolute atomic E-state index is 0.0600. The van der Waals surface area contributed by atoms with Crippen LogP contribution in [0.3, 0.4) is 0 Å². The van der Waals surface area contributed by atoms with Gasteiger partial charge < -0.3 is 5.32 Å². The quantitative estimate of drug-likeness (QED) is 0.615. The molecule has 0 unspecified atom stereocenters. The molecule has 1 N–H and O–H groups in total. The van der Waals surface area contributed by atoms with Crippen molar-refractivity contribution in [1.29, 1.82) is 0 Å². The van der Waals surface area contributed by atoms with E-state index >= 15 is 0 Å². The summed E-state index contributed by atoms with van der Waals surface area (Å²) in [6.07, 6.45) is 6.53. The SMILES string of the molecule is CCCCCCNC(=O)c1c(-c2ccc(C)cc2)nc2ccc(C)cn12. The van der Waals surface area contributed by atoms with Crippen LogP contribution in [0.25, 0.3) is 16.9 Å². The number of nitrogens with one attached hydrogen (secondary N) is 1. The lowest BCUT2D eigenvalue weighted by atomic mass is 10.1. The van der Waals surface area contributed by atoms with Crippen LogP contribution < -0.4 is 5.32 Å². The summed E-state index contributed by atoms with van der Waals surface area (Å²) in [7, 11) is 0. The van der Waals surface area contributed by atoms with Gasteiger partial charge in [0.05, 0.1) is 0 Å². The number of carbonyl (C=O) groups is 1. The topological polar surface area (TPSA) is 46.4 Å². The van der Waals surface area contributed by atoms with Crippen molar-refractivity contribution in [3.63, 3.8) is 0 Å². The molecule has 4 nitrogen and oxygen atoms in total. The van der Waals surface area contributed by atoms with Gasteiger partial charge in [-0.25, -0.2) is 4.98 Å². The number of amides is 1. The number of carbonyl (C=O) groups excluding carboxylic acids is 1. The summed E-state index contributed by atoms with van der Waals surface area (Å²) in [6.45, 7) is 6.97. The van der Waals surface area contributed by atoms with Crippen LogP contribution in [-0.4, -0.2) is 21.8 Å². The van der Waals surface area contributed by atoms with Crippen LogP contribution in [0.4, 0.5) is 0 Å². The van der Waals surface area contributed by atoms with E-state index in [2.05, 4.69) is 31.3 Å². The number of nitrogens with zero attached hydrogens (tertiary/aromatic N) is 2. The molecule has 0 atom stereocenters. The zero-order valence-corrected chi connectivity index (χ0v) is 15.9. The summed E-state index contributed by atoms with van der Waals surface area (Å²) in [5.74, 6) is -0.0600. The number of hydrogen-bond donors (Lipinski definition) is 1. The molecule has 1 aromatic carbocycles. The lowest BCUT2D eigenvalue weighted by Crippen LogP contribution is -2.26. The van der Waals surface area contributed by atoms with E-state index in [1.54, 1.807) is 0 Å². The average Bonchev–Trinajstić information content (AvgIpc) is 3.00. The van der Waals surface area contributed by atoms with E-state index in [4.69, 9.17) is 4.98 Å². The van der Waals surface area contributed by atoms with E-state index in [-0.39, 0.29) is 5.91 Å². The molecule has 1 amide bonds. The third-order valence-electron chi connectivity index (χ3n) is 4.62. The fourth-order valence-corrected chi connectivity index (χ4v) is 3.12. The van der Waals surface area contributed by atoms with Crippen molar-refractivity contribution < 1.29 is 4.79 Å². The van der Waals surface area contributed by atoms with Crippen LogP contribution in [0, 0.1) is 13.8 Å². The maximum Gasteiger partial charge on any atom is 0.270 e. The van der Waals surface area contributed by atoms with Crippen LogP contribution in [0.15, 0.2) is 42.6 Å². The number of unbranched alkanes of at least 4 members (excludes halogenated alkanes) is 3. The van der Waals surface area contributed by atoms with E-state index in [0.29, 0.717) is 12.2 Å². The molecule has 0 aliphatic carbocycles. The Bertz CT molecular complexity index is 894. The monoisotopic (exact) mass is 349 g/mol. The molecule has 26 heavy (non-hydrogen) atoms. The van der Waals surface area contributed by atoms with Gasteiger partial charge in [-0.1, -0.05) is 62.1 Å². The van der Waals surface area contributed by atoms with Crippen molar-refractivity contribution in [1.82, 2.24) is 14.7 Å². The first-order valence-electron chi connectivity index (χ1n) is 9.44. The Labute approximate surface area is 155 Å². The summed E-state index contributed by atoms with van der Waals surface area (Å²) < 4.78 is 1.91. The van der Waals surface area contributed by atoms with E-state index in [0.717, 1.165) is 35.3 Å². The average molecular weight is 349 g/mol. The minimum atomic E-state index is -0.0600. The number of aryl methyl sites for hydroxylation is 2. The molecule has 2 heterocycles. The normalized spacial score (nSPS) is 11.0. The number of rotatable bonds is 7. The third kappa shape index (κ3) is 3.96. The molecule has 136 valence electrons. The van der Waals surface area contributed by atoms with Crippen LogP contribution in [-0.2, 0) is 0 Å². The van der Waals surface area contributed by atoms with Crippen molar-refractivity contribution in [3.05, 3.63) is 59.4 Å². The highest BCUT2D eigenvalue weighted by molar-refractivity contribution is 5.99. The maximum absolute atomic E-state index is 13.0. The van der Waals surface area contributed by atoms with Crippen molar-refractivity contribution in [3.8, 4) is 11.3 Å². The molecular weight excluding hydrogens is 322 g/mol. The van der Waals surface area contributed by atoms with Crippen LogP contribution in [0.2, 0.25) is 0 Å². The molecule has 3 rings (SSSR count). The first kappa shape index (κ1) is 18.2. The second-order valence-electron chi connectivity index (χ2n) is 6.93. The van der Waals surface area contributed by atoms with Gasteiger partial charge >= 0.3 is 0 Å². The number of aromatic nitrogens is 2. The number of benzene rings is 1. The van der Waals surface area contributed by atoms with Crippen molar-refractivity contribution in [2.24, 2.45) is 0 Å². The highest BCUT2D eigenvalue weighted by atomic mass is 16.1. The third-order valence-corrected chi connectivity index (χ3v) is 4.62. The summed E-state index contributed by atoms with van der Waals surface area (Å²) >= 11 is 0. The van der Waals surface area contributed by atoms with Gasteiger partial charge in [-0.15, -0.1) is 0 Å². The second kappa shape index (κ2) is 8.17. The fraction of sp³-hybridized carbons (Fsp3) is 0.364. The predicted octanol–water partition coefficient (Wildman–Crippen LogP) is 4.93. The summed E-state index contributed by atoms with van der Waals surface area (Å²) in [4.78, 5) is 17.7. The lowest BCUT2D eigenvalue weighted by molar-refractivity contribution is 0.0948. The van der Waals surface area contributed by atoms with Gasteiger partial charge in [0.1, 0.15) is 17.0 Å². The summed E-state index contributed by atoms with van der Waals surface area (Å²) in [5.41, 5.74) is 5.40. The molecule has 0 fully saturated rings. The van der Waals surface area contributed by atoms with Crippen LogP contribution in [0.1, 0.15) is 54.2 Å². The number of hydrogen-bond acceptors (Lipinski definition) is 2. The van der Waals surface area contributed by atoms with Gasteiger partial charge in [-0.2, -0.15) is 0 Å². The fourth-order valence-electron chi connectivity index (χ4n) is 3.12. The van der Waals surface area contributed by atoms with E-state index < -0.39 is 0 Å². The summed E-state index contributed by atoms with van der Waals surface area (Å²) in [6, 6.07) is 12.1. The molecule has 3 aromatic rings. The molecule has 0 aliphatic heterocycles. The molecule has 0 spiro atoms. The van der Waals surface area contributed by atoms with E-state index in [1.807, 2.05) is 41.8 Å². The standard InChI is InChI=1S/C22H27N3O/c1-4-5-6-7-14-23-22(26)21-20(18-11-8-16(2)9-12-18)24-19-13-10-17(3)15-25(19)21/h8-13,15H,4-7,14H2,1-3H3,(H,23,26). The van der Waals surface area contributed by atoms with E-state index in [9.17, 15) is 4.79 Å². The Hall–Kier alpha value is -2.62. The Morgan fingerprint density at radius 3 is 2.46 bits per heavy atom. The highest BCUT2D eigenvalue weighted by Gasteiger charge is 2.20. The first-order chi connectivity index (χ1) is 12.6. The maximum atomic E-state index is 13.0.